The summed E-state index contributed by atoms with van der Waals surface area (Å²) >= 11 is 0. The van der Waals surface area contributed by atoms with Crippen LogP contribution < -0.4 is 9.79 Å². The number of carboxylic acid groups (broad SMARTS) is 1. The zero-order valence-electron chi connectivity index (χ0n) is 10.9. The number of carboxylic acids is 1. The molecule has 0 radical (unpaired) electrons. The lowest BCUT2D eigenvalue weighted by Crippen LogP contribution is -2.37. The molecule has 1 N–H and O–H groups in total. The van der Waals surface area contributed by atoms with Gasteiger partial charge in [-0.25, -0.2) is 0 Å². The summed E-state index contributed by atoms with van der Waals surface area (Å²) in [5.74, 6) is -3.01. The molecule has 0 fully saturated rings. The Morgan fingerprint density at radius 3 is 2.48 bits per heavy atom. The average Bonchev–Trinajstić information content (AvgIpc) is 2.44. The standard InChI is InChI=1S/C11H13N2O.C2HF3O2/c14-9-3-7-13-8-6-10-4-1-2-5-11(10)12-13;3-2(4,5)1(6)7/h1-2,4-6,8,14H,3,7,9H2;(H,6,7)/q+1;/p-1. The molecular weight excluding hydrogens is 289 g/mol. The van der Waals surface area contributed by atoms with Crippen LogP contribution in [0.2, 0.25) is 0 Å². The summed E-state index contributed by atoms with van der Waals surface area (Å²) in [4.78, 5) is 8.78. The summed E-state index contributed by atoms with van der Waals surface area (Å²) in [6.07, 6.45) is -2.51. The number of hydrogen-bond acceptors (Lipinski definition) is 4. The minimum absolute atomic E-state index is 0.210. The third-order valence-corrected chi connectivity index (χ3v) is 2.38. The maximum absolute atomic E-state index is 10.5. The van der Waals surface area contributed by atoms with Crippen LogP contribution in [0.15, 0.2) is 36.5 Å². The highest BCUT2D eigenvalue weighted by Crippen LogP contribution is 2.11. The van der Waals surface area contributed by atoms with Gasteiger partial charge in [-0.15, -0.1) is 0 Å². The molecule has 2 aromatic rings. The van der Waals surface area contributed by atoms with Crippen LogP contribution >= 0.6 is 0 Å². The Hall–Kier alpha value is -2.22. The zero-order chi connectivity index (χ0) is 15.9. The number of halogens is 3. The summed E-state index contributed by atoms with van der Waals surface area (Å²) in [7, 11) is 0. The average molecular weight is 302 g/mol. The molecule has 0 amide bonds. The van der Waals surface area contributed by atoms with Gasteiger partial charge in [0.05, 0.1) is 0 Å². The van der Waals surface area contributed by atoms with E-state index in [2.05, 4.69) is 5.10 Å². The summed E-state index contributed by atoms with van der Waals surface area (Å²) in [6.45, 7) is 0.975. The second-order valence-corrected chi connectivity index (χ2v) is 4.00. The second kappa shape index (κ2) is 7.53. The van der Waals surface area contributed by atoms with Gasteiger partial charge in [-0.1, -0.05) is 22.9 Å². The van der Waals surface area contributed by atoms with E-state index in [9.17, 15) is 13.2 Å². The molecule has 1 heterocycles. The fourth-order valence-electron chi connectivity index (χ4n) is 1.41. The number of hydrogen-bond donors (Lipinski definition) is 1. The fraction of sp³-hybridized carbons (Fsp3) is 0.308. The van der Waals surface area contributed by atoms with Gasteiger partial charge in [0.1, 0.15) is 11.5 Å². The lowest BCUT2D eigenvalue weighted by molar-refractivity contribution is -0.752. The number of fused-ring (bicyclic) bond motifs is 1. The predicted molar refractivity (Wildman–Crippen MR) is 64.7 cm³/mol. The van der Waals surface area contributed by atoms with E-state index >= 15 is 0 Å². The molecule has 0 bridgehead atoms. The number of rotatable bonds is 3. The minimum Gasteiger partial charge on any atom is -0.542 e. The molecular formula is C13H13F3N2O3. The van der Waals surface area contributed by atoms with Crippen molar-refractivity contribution in [2.45, 2.75) is 19.1 Å². The molecule has 5 nitrogen and oxygen atoms in total. The van der Waals surface area contributed by atoms with Gasteiger partial charge in [0.15, 0.2) is 12.7 Å². The van der Waals surface area contributed by atoms with Crippen molar-refractivity contribution in [3.63, 3.8) is 0 Å². The van der Waals surface area contributed by atoms with E-state index in [1.807, 2.05) is 41.2 Å². The van der Waals surface area contributed by atoms with Crippen LogP contribution in [-0.4, -0.2) is 29.0 Å². The molecule has 0 aliphatic heterocycles. The first kappa shape index (κ1) is 16.8. The van der Waals surface area contributed by atoms with Gasteiger partial charge in [0.2, 0.25) is 0 Å². The fourth-order valence-corrected chi connectivity index (χ4v) is 1.41. The number of aromatic nitrogens is 2. The molecule has 114 valence electrons. The van der Waals surface area contributed by atoms with E-state index in [0.717, 1.165) is 23.9 Å². The third kappa shape index (κ3) is 5.74. The topological polar surface area (TPSA) is 77.1 Å². The van der Waals surface area contributed by atoms with Crippen molar-refractivity contribution in [3.8, 4) is 0 Å². The summed E-state index contributed by atoms with van der Waals surface area (Å²) in [6, 6.07) is 10.1. The summed E-state index contributed by atoms with van der Waals surface area (Å²) < 4.78 is 33.4. The highest BCUT2D eigenvalue weighted by Gasteiger charge is 2.28. The Morgan fingerprint density at radius 2 is 1.90 bits per heavy atom. The lowest BCUT2D eigenvalue weighted by Gasteiger charge is -2.03. The van der Waals surface area contributed by atoms with Crippen molar-refractivity contribution < 1.29 is 32.9 Å². The summed E-state index contributed by atoms with van der Waals surface area (Å²) in [5.41, 5.74) is 0.993. The van der Waals surface area contributed by atoms with Gasteiger partial charge in [-0.2, -0.15) is 13.2 Å². The van der Waals surface area contributed by atoms with E-state index in [1.165, 1.54) is 0 Å². The van der Waals surface area contributed by atoms with E-state index in [0.29, 0.717) is 0 Å². The number of benzene rings is 1. The van der Waals surface area contributed by atoms with Gasteiger partial charge in [0, 0.05) is 29.6 Å². The maximum Gasteiger partial charge on any atom is 0.430 e. The van der Waals surface area contributed by atoms with Crippen LogP contribution in [0.1, 0.15) is 6.42 Å². The van der Waals surface area contributed by atoms with Gasteiger partial charge < -0.3 is 15.0 Å². The third-order valence-electron chi connectivity index (χ3n) is 2.38. The Balaban J connectivity index is 0.000000270. The van der Waals surface area contributed by atoms with E-state index in [4.69, 9.17) is 15.0 Å². The Morgan fingerprint density at radius 1 is 1.29 bits per heavy atom. The van der Waals surface area contributed by atoms with Gasteiger partial charge in [0.25, 0.3) is 0 Å². The van der Waals surface area contributed by atoms with Crippen LogP contribution in [0.5, 0.6) is 0 Å². The number of aryl methyl sites for hydroxylation is 1. The number of aliphatic hydroxyl groups excluding tert-OH is 1. The molecule has 2 rings (SSSR count). The van der Waals surface area contributed by atoms with Crippen molar-refractivity contribution in [1.82, 2.24) is 5.10 Å². The minimum atomic E-state index is -5.19. The maximum atomic E-state index is 10.5. The van der Waals surface area contributed by atoms with Crippen LogP contribution in [0.25, 0.3) is 10.9 Å². The molecule has 0 saturated heterocycles. The normalized spacial score (nSPS) is 10.9. The van der Waals surface area contributed by atoms with E-state index in [-0.39, 0.29) is 6.61 Å². The summed E-state index contributed by atoms with van der Waals surface area (Å²) in [5, 5.41) is 23.0. The van der Waals surface area contributed by atoms with Crippen LogP contribution in [0.4, 0.5) is 13.2 Å². The van der Waals surface area contributed by atoms with E-state index < -0.39 is 12.1 Å². The number of aliphatic carboxylic acids is 1. The highest BCUT2D eigenvalue weighted by molar-refractivity contribution is 5.76. The monoisotopic (exact) mass is 302 g/mol. The largest absolute Gasteiger partial charge is 0.542 e. The smallest absolute Gasteiger partial charge is 0.430 e. The Bertz CT molecular complexity index is 602. The predicted octanol–water partition coefficient (Wildman–Crippen LogP) is 0.203. The van der Waals surface area contributed by atoms with E-state index in [1.54, 1.807) is 0 Å². The number of carbonyl (C=O) groups excluding carboxylic acids is 1. The molecule has 1 aromatic heterocycles. The Kier molecular flexibility index (Phi) is 6.04. The highest BCUT2D eigenvalue weighted by atomic mass is 19.4. The number of alkyl halides is 3. The van der Waals surface area contributed by atoms with Gasteiger partial charge in [-0.3, -0.25) is 0 Å². The van der Waals surface area contributed by atoms with Crippen LogP contribution in [0.3, 0.4) is 0 Å². The number of carbonyl (C=O) groups is 1. The molecule has 1 aromatic carbocycles. The molecule has 0 unspecified atom stereocenters. The lowest BCUT2D eigenvalue weighted by atomic mass is 10.2. The SMILES string of the molecule is O=C([O-])C(F)(F)F.OCCC[n+]1ccc2ccccc2n1. The van der Waals surface area contributed by atoms with Crippen molar-refractivity contribution in [1.29, 1.82) is 0 Å². The van der Waals surface area contributed by atoms with Crippen molar-refractivity contribution >= 4 is 16.9 Å². The van der Waals surface area contributed by atoms with Crippen LogP contribution in [-0.2, 0) is 11.3 Å². The molecule has 0 aliphatic rings. The van der Waals surface area contributed by atoms with Crippen molar-refractivity contribution in [2.75, 3.05) is 6.61 Å². The molecule has 0 spiro atoms. The van der Waals surface area contributed by atoms with Gasteiger partial charge >= 0.3 is 6.18 Å². The van der Waals surface area contributed by atoms with Crippen molar-refractivity contribution in [3.05, 3.63) is 36.5 Å². The first-order valence-corrected chi connectivity index (χ1v) is 5.99. The second-order valence-electron chi connectivity index (χ2n) is 4.00. The van der Waals surface area contributed by atoms with Gasteiger partial charge in [-0.05, 0) is 6.07 Å². The van der Waals surface area contributed by atoms with Crippen LogP contribution in [0, 0.1) is 0 Å². The number of aliphatic hydroxyl groups is 1. The zero-order valence-corrected chi connectivity index (χ0v) is 10.9. The first-order valence-electron chi connectivity index (χ1n) is 5.99. The molecule has 0 saturated carbocycles. The molecule has 21 heavy (non-hydrogen) atoms. The van der Waals surface area contributed by atoms with Crippen molar-refractivity contribution in [2.24, 2.45) is 0 Å². The molecule has 8 heteroatoms. The molecule has 0 atom stereocenters. The number of nitrogens with zero attached hydrogens (tertiary/aromatic N) is 2. The molecule has 0 aliphatic carbocycles. The Labute approximate surface area is 118 Å². The first-order chi connectivity index (χ1) is 9.84. The quantitative estimate of drug-likeness (QED) is 0.822.